The first kappa shape index (κ1) is 12.9. The molecule has 88 valence electrons. The Balaban J connectivity index is 2.17. The summed E-state index contributed by atoms with van der Waals surface area (Å²) in [5.41, 5.74) is 0. The van der Waals surface area contributed by atoms with Crippen molar-refractivity contribution in [2.24, 2.45) is 0 Å². The van der Waals surface area contributed by atoms with Crippen molar-refractivity contribution in [3.05, 3.63) is 35.0 Å². The van der Waals surface area contributed by atoms with Gasteiger partial charge >= 0.3 is 0 Å². The maximum Gasteiger partial charge on any atom is 0.234 e. The molecule has 1 heterocycles. The van der Waals surface area contributed by atoms with Crippen LogP contribution in [-0.4, -0.2) is 25.0 Å². The zero-order valence-electron chi connectivity index (χ0n) is 9.53. The van der Waals surface area contributed by atoms with Gasteiger partial charge in [-0.05, 0) is 24.8 Å². The molecule has 0 saturated heterocycles. The second kappa shape index (κ2) is 7.19. The SMILES string of the molecule is C=CCNC(=O)CNC(C)Cc1cccs1. The summed E-state index contributed by atoms with van der Waals surface area (Å²) < 4.78 is 0. The molecule has 0 fully saturated rings. The van der Waals surface area contributed by atoms with Gasteiger partial charge in [-0.2, -0.15) is 0 Å². The number of amides is 1. The molecule has 0 aliphatic carbocycles. The fourth-order valence-electron chi connectivity index (χ4n) is 1.32. The Hall–Kier alpha value is -1.13. The summed E-state index contributed by atoms with van der Waals surface area (Å²) in [4.78, 5) is 12.6. The van der Waals surface area contributed by atoms with Crippen molar-refractivity contribution in [2.75, 3.05) is 13.1 Å². The zero-order valence-corrected chi connectivity index (χ0v) is 10.3. The fourth-order valence-corrected chi connectivity index (χ4v) is 2.15. The van der Waals surface area contributed by atoms with Crippen LogP contribution >= 0.6 is 11.3 Å². The Labute approximate surface area is 101 Å². The van der Waals surface area contributed by atoms with Gasteiger partial charge in [0.25, 0.3) is 0 Å². The van der Waals surface area contributed by atoms with Crippen LogP contribution in [0.3, 0.4) is 0 Å². The van der Waals surface area contributed by atoms with Gasteiger partial charge in [0.05, 0.1) is 6.54 Å². The third-order valence-electron chi connectivity index (χ3n) is 2.14. The molecule has 0 saturated carbocycles. The van der Waals surface area contributed by atoms with E-state index in [1.165, 1.54) is 4.88 Å². The van der Waals surface area contributed by atoms with E-state index in [9.17, 15) is 4.79 Å². The van der Waals surface area contributed by atoms with Gasteiger partial charge < -0.3 is 10.6 Å². The number of rotatable bonds is 7. The molecule has 16 heavy (non-hydrogen) atoms. The van der Waals surface area contributed by atoms with Crippen LogP contribution < -0.4 is 10.6 Å². The van der Waals surface area contributed by atoms with Crippen molar-refractivity contribution in [2.45, 2.75) is 19.4 Å². The first-order valence-electron chi connectivity index (χ1n) is 5.35. The molecule has 3 nitrogen and oxygen atoms in total. The van der Waals surface area contributed by atoms with Crippen molar-refractivity contribution in [3.63, 3.8) is 0 Å². The first-order valence-corrected chi connectivity index (χ1v) is 6.23. The van der Waals surface area contributed by atoms with Crippen LogP contribution in [0.5, 0.6) is 0 Å². The van der Waals surface area contributed by atoms with E-state index >= 15 is 0 Å². The summed E-state index contributed by atoms with van der Waals surface area (Å²) in [6.07, 6.45) is 2.64. The van der Waals surface area contributed by atoms with Crippen LogP contribution in [0.1, 0.15) is 11.8 Å². The standard InChI is InChI=1S/C12H18N2OS/c1-3-6-13-12(15)9-14-10(2)8-11-5-4-7-16-11/h3-5,7,10,14H,1,6,8-9H2,2H3,(H,13,15). The van der Waals surface area contributed by atoms with E-state index in [4.69, 9.17) is 0 Å². The lowest BCUT2D eigenvalue weighted by molar-refractivity contribution is -0.120. The summed E-state index contributed by atoms with van der Waals surface area (Å²) in [7, 11) is 0. The number of thiophene rings is 1. The first-order chi connectivity index (χ1) is 7.72. The van der Waals surface area contributed by atoms with Gasteiger partial charge in [-0.15, -0.1) is 17.9 Å². The number of nitrogens with one attached hydrogen (secondary N) is 2. The second-order valence-corrected chi connectivity index (χ2v) is 4.69. The predicted molar refractivity (Wildman–Crippen MR) is 68.7 cm³/mol. The summed E-state index contributed by atoms with van der Waals surface area (Å²) in [6, 6.07) is 4.47. The number of hydrogen-bond donors (Lipinski definition) is 2. The molecule has 0 radical (unpaired) electrons. The minimum Gasteiger partial charge on any atom is -0.352 e. The Morgan fingerprint density at radius 3 is 3.12 bits per heavy atom. The highest BCUT2D eigenvalue weighted by molar-refractivity contribution is 7.09. The maximum atomic E-state index is 11.3. The van der Waals surface area contributed by atoms with E-state index in [0.717, 1.165) is 6.42 Å². The molecule has 4 heteroatoms. The molecule has 0 aromatic carbocycles. The highest BCUT2D eigenvalue weighted by Crippen LogP contribution is 2.10. The minimum atomic E-state index is 0.0120. The number of hydrogen-bond acceptors (Lipinski definition) is 3. The van der Waals surface area contributed by atoms with Crippen molar-refractivity contribution in [1.29, 1.82) is 0 Å². The molecule has 0 bridgehead atoms. The van der Waals surface area contributed by atoms with E-state index < -0.39 is 0 Å². The Morgan fingerprint density at radius 2 is 2.50 bits per heavy atom. The minimum absolute atomic E-state index is 0.0120. The monoisotopic (exact) mass is 238 g/mol. The predicted octanol–water partition coefficient (Wildman–Crippen LogP) is 1.57. The average molecular weight is 238 g/mol. The Bertz CT molecular complexity index is 322. The average Bonchev–Trinajstić information content (AvgIpc) is 2.76. The summed E-state index contributed by atoms with van der Waals surface area (Å²) in [6.45, 7) is 6.52. The lowest BCUT2D eigenvalue weighted by atomic mass is 10.2. The highest BCUT2D eigenvalue weighted by atomic mass is 32.1. The lowest BCUT2D eigenvalue weighted by Crippen LogP contribution is -2.38. The van der Waals surface area contributed by atoms with E-state index in [1.807, 2.05) is 6.07 Å². The normalized spacial score (nSPS) is 12.1. The third-order valence-corrected chi connectivity index (χ3v) is 3.04. The van der Waals surface area contributed by atoms with Crippen molar-refractivity contribution in [3.8, 4) is 0 Å². The second-order valence-electron chi connectivity index (χ2n) is 3.66. The van der Waals surface area contributed by atoms with Gasteiger partial charge in [0.15, 0.2) is 0 Å². The quantitative estimate of drug-likeness (QED) is 0.708. The van der Waals surface area contributed by atoms with Crippen LogP contribution in [0.4, 0.5) is 0 Å². The molecule has 1 atom stereocenters. The van der Waals surface area contributed by atoms with Gasteiger partial charge in [0.1, 0.15) is 0 Å². The summed E-state index contributed by atoms with van der Waals surface area (Å²) in [5, 5.41) is 7.99. The van der Waals surface area contributed by atoms with Crippen molar-refractivity contribution < 1.29 is 4.79 Å². The summed E-state index contributed by atoms with van der Waals surface area (Å²) in [5.74, 6) is 0.0120. The highest BCUT2D eigenvalue weighted by Gasteiger charge is 2.06. The molecular weight excluding hydrogens is 220 g/mol. The number of carbonyl (C=O) groups is 1. The van der Waals surface area contributed by atoms with Crippen molar-refractivity contribution >= 4 is 17.2 Å². The van der Waals surface area contributed by atoms with Gasteiger partial charge in [-0.1, -0.05) is 12.1 Å². The topological polar surface area (TPSA) is 41.1 Å². The molecule has 1 aromatic heterocycles. The molecule has 2 N–H and O–H groups in total. The zero-order chi connectivity index (χ0) is 11.8. The van der Waals surface area contributed by atoms with Gasteiger partial charge in [-0.3, -0.25) is 4.79 Å². The molecule has 0 spiro atoms. The fraction of sp³-hybridized carbons (Fsp3) is 0.417. The molecule has 0 aliphatic heterocycles. The van der Waals surface area contributed by atoms with E-state index in [-0.39, 0.29) is 5.91 Å². The molecule has 1 aromatic rings. The molecule has 0 aliphatic rings. The molecule has 1 unspecified atom stereocenters. The van der Waals surface area contributed by atoms with Gasteiger partial charge in [0.2, 0.25) is 5.91 Å². The van der Waals surface area contributed by atoms with Crippen LogP contribution in [0, 0.1) is 0 Å². The van der Waals surface area contributed by atoms with E-state index in [2.05, 4.69) is 35.6 Å². The van der Waals surface area contributed by atoms with E-state index in [0.29, 0.717) is 19.1 Å². The smallest absolute Gasteiger partial charge is 0.234 e. The third kappa shape index (κ3) is 5.09. The Morgan fingerprint density at radius 1 is 1.69 bits per heavy atom. The molecule has 1 rings (SSSR count). The molecular formula is C12H18N2OS. The summed E-state index contributed by atoms with van der Waals surface area (Å²) >= 11 is 1.75. The van der Waals surface area contributed by atoms with Gasteiger partial charge in [0, 0.05) is 17.5 Å². The van der Waals surface area contributed by atoms with E-state index in [1.54, 1.807) is 17.4 Å². The lowest BCUT2D eigenvalue weighted by Gasteiger charge is -2.12. The van der Waals surface area contributed by atoms with Gasteiger partial charge in [-0.25, -0.2) is 0 Å². The molecule has 1 amide bonds. The largest absolute Gasteiger partial charge is 0.352 e. The van der Waals surface area contributed by atoms with Crippen LogP contribution in [0.2, 0.25) is 0 Å². The van der Waals surface area contributed by atoms with Crippen LogP contribution in [0.25, 0.3) is 0 Å². The maximum absolute atomic E-state index is 11.3. The van der Waals surface area contributed by atoms with Crippen molar-refractivity contribution in [1.82, 2.24) is 10.6 Å². The van der Waals surface area contributed by atoms with Crippen LogP contribution in [-0.2, 0) is 11.2 Å². The van der Waals surface area contributed by atoms with Crippen LogP contribution in [0.15, 0.2) is 30.2 Å². The number of carbonyl (C=O) groups excluding carboxylic acids is 1. The Kier molecular flexibility index (Phi) is 5.82.